The van der Waals surface area contributed by atoms with Crippen LogP contribution in [0.5, 0.6) is 0 Å². The zero-order chi connectivity index (χ0) is 13.8. The van der Waals surface area contributed by atoms with Crippen molar-refractivity contribution < 1.29 is 4.39 Å². The van der Waals surface area contributed by atoms with E-state index >= 15 is 0 Å². The van der Waals surface area contributed by atoms with Crippen molar-refractivity contribution in [1.29, 1.82) is 0 Å². The number of hydrogen-bond acceptors (Lipinski definition) is 1. The van der Waals surface area contributed by atoms with Gasteiger partial charge in [-0.2, -0.15) is 0 Å². The number of benzene rings is 2. The Labute approximate surface area is 121 Å². The quantitative estimate of drug-likeness (QED) is 0.904. The molecule has 0 saturated heterocycles. The first kappa shape index (κ1) is 14.2. The largest absolute Gasteiger partial charge is 0.327 e. The van der Waals surface area contributed by atoms with E-state index in [1.54, 1.807) is 12.1 Å². The van der Waals surface area contributed by atoms with Gasteiger partial charge in [0.15, 0.2) is 0 Å². The van der Waals surface area contributed by atoms with Gasteiger partial charge in [0.05, 0.1) is 0 Å². The van der Waals surface area contributed by atoms with E-state index in [1.807, 2.05) is 19.1 Å². The van der Waals surface area contributed by atoms with Crippen LogP contribution in [0.3, 0.4) is 0 Å². The highest BCUT2D eigenvalue weighted by molar-refractivity contribution is 9.10. The third-order valence-electron chi connectivity index (χ3n) is 3.18. The Morgan fingerprint density at radius 3 is 2.68 bits per heavy atom. The molecular weight excluding hydrogens is 305 g/mol. The molecule has 0 aliphatic heterocycles. The van der Waals surface area contributed by atoms with Gasteiger partial charge in [-0.3, -0.25) is 0 Å². The van der Waals surface area contributed by atoms with Crippen LogP contribution >= 0.6 is 15.9 Å². The molecule has 2 rings (SSSR count). The highest BCUT2D eigenvalue weighted by atomic mass is 79.9. The summed E-state index contributed by atoms with van der Waals surface area (Å²) in [5.41, 5.74) is 9.44. The van der Waals surface area contributed by atoms with E-state index in [4.69, 9.17) is 5.73 Å². The second-order valence-electron chi connectivity index (χ2n) is 4.87. The molecule has 1 nitrogen and oxygen atoms in total. The van der Waals surface area contributed by atoms with Crippen LogP contribution in [-0.2, 0) is 12.8 Å². The van der Waals surface area contributed by atoms with Crippen molar-refractivity contribution in [3.8, 4) is 0 Å². The fourth-order valence-corrected chi connectivity index (χ4v) is 2.63. The van der Waals surface area contributed by atoms with E-state index in [1.165, 1.54) is 11.6 Å². The lowest BCUT2D eigenvalue weighted by Gasteiger charge is -2.14. The minimum Gasteiger partial charge on any atom is -0.327 e. The fourth-order valence-electron chi connectivity index (χ4n) is 2.18. The lowest BCUT2D eigenvalue weighted by molar-refractivity contribution is 0.616. The SMILES string of the molecule is Cc1ccc(F)cc1CC(N)Cc1cccc(Br)c1. The summed E-state index contributed by atoms with van der Waals surface area (Å²) in [6.07, 6.45) is 1.48. The van der Waals surface area contributed by atoms with Gasteiger partial charge in [-0.15, -0.1) is 0 Å². The molecular formula is C16H17BrFN. The Kier molecular flexibility index (Phi) is 4.72. The van der Waals surface area contributed by atoms with Crippen molar-refractivity contribution in [3.05, 3.63) is 69.4 Å². The molecule has 0 heterocycles. The highest BCUT2D eigenvalue weighted by Crippen LogP contribution is 2.16. The van der Waals surface area contributed by atoms with Crippen LogP contribution in [0.1, 0.15) is 16.7 Å². The van der Waals surface area contributed by atoms with Crippen molar-refractivity contribution in [3.63, 3.8) is 0 Å². The molecule has 1 atom stereocenters. The summed E-state index contributed by atoms with van der Waals surface area (Å²) >= 11 is 3.45. The minimum atomic E-state index is -0.199. The van der Waals surface area contributed by atoms with Crippen LogP contribution in [0.25, 0.3) is 0 Å². The molecule has 19 heavy (non-hydrogen) atoms. The molecule has 1 unspecified atom stereocenters. The average molecular weight is 322 g/mol. The Balaban J connectivity index is 2.05. The summed E-state index contributed by atoms with van der Waals surface area (Å²) in [4.78, 5) is 0. The van der Waals surface area contributed by atoms with Gasteiger partial charge < -0.3 is 5.73 Å². The van der Waals surface area contributed by atoms with Crippen molar-refractivity contribution in [2.75, 3.05) is 0 Å². The Morgan fingerprint density at radius 1 is 1.16 bits per heavy atom. The van der Waals surface area contributed by atoms with Crippen molar-refractivity contribution >= 4 is 15.9 Å². The minimum absolute atomic E-state index is 0.00481. The van der Waals surface area contributed by atoms with E-state index in [2.05, 4.69) is 28.1 Å². The van der Waals surface area contributed by atoms with Crippen LogP contribution < -0.4 is 5.73 Å². The van der Waals surface area contributed by atoms with Crippen LogP contribution in [0.4, 0.5) is 4.39 Å². The molecule has 3 heteroatoms. The summed E-state index contributed by atoms with van der Waals surface area (Å²) < 4.78 is 14.3. The topological polar surface area (TPSA) is 26.0 Å². The number of halogens is 2. The van der Waals surface area contributed by atoms with Gasteiger partial charge in [0.2, 0.25) is 0 Å². The number of hydrogen-bond donors (Lipinski definition) is 1. The predicted octanol–water partition coefficient (Wildman–Crippen LogP) is 4.01. The van der Waals surface area contributed by atoms with E-state index < -0.39 is 0 Å². The molecule has 0 saturated carbocycles. The lowest BCUT2D eigenvalue weighted by atomic mass is 9.97. The third kappa shape index (κ3) is 4.15. The molecule has 100 valence electrons. The molecule has 0 spiro atoms. The standard InChI is InChI=1S/C16H17BrFN/c1-11-5-6-15(18)9-13(11)10-16(19)8-12-3-2-4-14(17)7-12/h2-7,9,16H,8,10,19H2,1H3. The van der Waals surface area contributed by atoms with Crippen LogP contribution in [0.15, 0.2) is 46.9 Å². The molecule has 0 radical (unpaired) electrons. The highest BCUT2D eigenvalue weighted by Gasteiger charge is 2.08. The number of nitrogens with two attached hydrogens (primary N) is 1. The van der Waals surface area contributed by atoms with Gasteiger partial charge in [0.1, 0.15) is 5.82 Å². The van der Waals surface area contributed by atoms with Crippen LogP contribution in [0, 0.1) is 12.7 Å². The van der Waals surface area contributed by atoms with Gasteiger partial charge in [0.25, 0.3) is 0 Å². The molecule has 0 amide bonds. The van der Waals surface area contributed by atoms with Gasteiger partial charge in [-0.25, -0.2) is 4.39 Å². The maximum absolute atomic E-state index is 13.2. The second kappa shape index (κ2) is 6.31. The molecule has 2 aromatic carbocycles. The van der Waals surface area contributed by atoms with Crippen molar-refractivity contribution in [2.24, 2.45) is 5.73 Å². The van der Waals surface area contributed by atoms with Gasteiger partial charge >= 0.3 is 0 Å². The van der Waals surface area contributed by atoms with E-state index in [0.29, 0.717) is 6.42 Å². The van der Waals surface area contributed by atoms with E-state index in [0.717, 1.165) is 22.0 Å². The zero-order valence-electron chi connectivity index (χ0n) is 10.9. The molecule has 0 fully saturated rings. The Bertz CT molecular complexity index is 568. The number of rotatable bonds is 4. The molecule has 0 aliphatic rings. The van der Waals surface area contributed by atoms with E-state index in [9.17, 15) is 4.39 Å². The fraction of sp³-hybridized carbons (Fsp3) is 0.250. The van der Waals surface area contributed by atoms with Gasteiger partial charge in [-0.1, -0.05) is 34.1 Å². The van der Waals surface area contributed by atoms with Gasteiger partial charge in [-0.05, 0) is 60.7 Å². The number of aryl methyl sites for hydroxylation is 1. The average Bonchev–Trinajstić information content (AvgIpc) is 2.34. The zero-order valence-corrected chi connectivity index (χ0v) is 12.5. The van der Waals surface area contributed by atoms with Crippen LogP contribution in [-0.4, -0.2) is 6.04 Å². The molecule has 0 aliphatic carbocycles. The van der Waals surface area contributed by atoms with E-state index in [-0.39, 0.29) is 11.9 Å². The Hall–Kier alpha value is -1.19. The molecule has 0 aromatic heterocycles. The molecule has 0 bridgehead atoms. The first-order valence-corrected chi connectivity index (χ1v) is 7.09. The lowest BCUT2D eigenvalue weighted by Crippen LogP contribution is -2.26. The normalized spacial score (nSPS) is 12.4. The molecule has 2 aromatic rings. The maximum atomic E-state index is 13.2. The second-order valence-corrected chi connectivity index (χ2v) is 5.78. The monoisotopic (exact) mass is 321 g/mol. The first-order chi connectivity index (χ1) is 9.04. The summed E-state index contributed by atoms with van der Waals surface area (Å²) in [5, 5.41) is 0. The van der Waals surface area contributed by atoms with Gasteiger partial charge in [0, 0.05) is 10.5 Å². The smallest absolute Gasteiger partial charge is 0.123 e. The summed E-state index contributed by atoms with van der Waals surface area (Å²) in [6, 6.07) is 13.0. The summed E-state index contributed by atoms with van der Waals surface area (Å²) in [5.74, 6) is -0.199. The summed E-state index contributed by atoms with van der Waals surface area (Å²) in [6.45, 7) is 1.99. The molecule has 2 N–H and O–H groups in total. The third-order valence-corrected chi connectivity index (χ3v) is 3.67. The maximum Gasteiger partial charge on any atom is 0.123 e. The first-order valence-electron chi connectivity index (χ1n) is 6.29. The van der Waals surface area contributed by atoms with Crippen molar-refractivity contribution in [1.82, 2.24) is 0 Å². The predicted molar refractivity (Wildman–Crippen MR) is 80.7 cm³/mol. The summed E-state index contributed by atoms with van der Waals surface area (Å²) in [7, 11) is 0. The Morgan fingerprint density at radius 2 is 1.95 bits per heavy atom. The van der Waals surface area contributed by atoms with Crippen molar-refractivity contribution in [2.45, 2.75) is 25.8 Å². The van der Waals surface area contributed by atoms with Crippen LogP contribution in [0.2, 0.25) is 0 Å².